The lowest BCUT2D eigenvalue weighted by Crippen LogP contribution is -2.48. The predicted octanol–water partition coefficient (Wildman–Crippen LogP) is 2.40. The number of rotatable bonds is 8. The van der Waals surface area contributed by atoms with Crippen LogP contribution in [0.25, 0.3) is 0 Å². The van der Waals surface area contributed by atoms with Gasteiger partial charge in [0.1, 0.15) is 11.8 Å². The molecule has 0 aromatic heterocycles. The molecule has 1 aromatic carbocycles. The van der Waals surface area contributed by atoms with E-state index in [1.807, 2.05) is 20.8 Å². The Kier molecular flexibility index (Phi) is 6.84. The Morgan fingerprint density at radius 1 is 1.20 bits per heavy atom. The van der Waals surface area contributed by atoms with Crippen molar-refractivity contribution in [3.8, 4) is 5.75 Å². The van der Waals surface area contributed by atoms with E-state index in [1.165, 1.54) is 12.1 Å². The number of amides is 1. The van der Waals surface area contributed by atoms with Gasteiger partial charge in [0.15, 0.2) is 0 Å². The van der Waals surface area contributed by atoms with Crippen LogP contribution < -0.4 is 9.46 Å². The van der Waals surface area contributed by atoms with E-state index in [0.717, 1.165) is 12.8 Å². The summed E-state index contributed by atoms with van der Waals surface area (Å²) < 4.78 is 33.3. The smallest absolute Gasteiger partial charge is 0.241 e. The number of likely N-dealkylation sites (tertiary alicyclic amines) is 1. The van der Waals surface area contributed by atoms with Crippen LogP contribution in [0.2, 0.25) is 0 Å². The molecule has 1 heterocycles. The molecule has 1 fully saturated rings. The highest BCUT2D eigenvalue weighted by molar-refractivity contribution is 7.89. The zero-order valence-corrected chi connectivity index (χ0v) is 16.0. The van der Waals surface area contributed by atoms with Gasteiger partial charge in [0.2, 0.25) is 15.9 Å². The largest absolute Gasteiger partial charge is 0.494 e. The number of benzene rings is 1. The minimum absolute atomic E-state index is 0.124. The lowest BCUT2D eigenvalue weighted by Gasteiger charge is -2.25. The molecule has 2 rings (SSSR count). The van der Waals surface area contributed by atoms with Crippen molar-refractivity contribution in [1.82, 2.24) is 9.62 Å². The van der Waals surface area contributed by atoms with Crippen LogP contribution >= 0.6 is 0 Å². The maximum Gasteiger partial charge on any atom is 0.241 e. The molecule has 6 nitrogen and oxygen atoms in total. The molecule has 1 aromatic rings. The van der Waals surface area contributed by atoms with E-state index in [0.29, 0.717) is 31.9 Å². The molecule has 1 amide bonds. The molecule has 0 saturated carbocycles. The minimum Gasteiger partial charge on any atom is -0.494 e. The summed E-state index contributed by atoms with van der Waals surface area (Å²) in [6.45, 7) is 7.76. The summed E-state index contributed by atoms with van der Waals surface area (Å²) in [4.78, 5) is 14.6. The molecule has 1 aliphatic heterocycles. The van der Waals surface area contributed by atoms with Crippen molar-refractivity contribution in [2.45, 2.75) is 51.0 Å². The third-order valence-electron chi connectivity index (χ3n) is 4.17. The summed E-state index contributed by atoms with van der Waals surface area (Å²) in [5.74, 6) is 0.702. The fraction of sp³-hybridized carbons (Fsp3) is 0.611. The zero-order chi connectivity index (χ0) is 18.4. The number of hydrogen-bond donors (Lipinski definition) is 1. The quantitative estimate of drug-likeness (QED) is 0.764. The summed E-state index contributed by atoms with van der Waals surface area (Å²) in [6, 6.07) is 5.52. The molecule has 0 bridgehead atoms. The number of carbonyl (C=O) groups excluding carboxylic acids is 1. The molecule has 1 aliphatic rings. The number of hydrogen-bond acceptors (Lipinski definition) is 4. The second kappa shape index (κ2) is 8.67. The van der Waals surface area contributed by atoms with Crippen LogP contribution in [0.1, 0.15) is 40.0 Å². The highest BCUT2D eigenvalue weighted by atomic mass is 32.2. The molecule has 1 N–H and O–H groups in total. The number of ether oxygens (including phenoxy) is 1. The average molecular weight is 368 g/mol. The third kappa shape index (κ3) is 5.44. The van der Waals surface area contributed by atoms with Gasteiger partial charge < -0.3 is 9.64 Å². The minimum atomic E-state index is -3.76. The molecule has 0 spiro atoms. The Bertz CT molecular complexity index is 665. The molecule has 1 saturated heterocycles. The Balaban J connectivity index is 2.15. The van der Waals surface area contributed by atoms with E-state index in [4.69, 9.17) is 4.74 Å². The Hall–Kier alpha value is -1.60. The van der Waals surface area contributed by atoms with Gasteiger partial charge in [0.25, 0.3) is 0 Å². The zero-order valence-electron chi connectivity index (χ0n) is 15.2. The van der Waals surface area contributed by atoms with Crippen LogP contribution in [0.4, 0.5) is 0 Å². The molecular weight excluding hydrogens is 340 g/mol. The Morgan fingerprint density at radius 3 is 2.32 bits per heavy atom. The van der Waals surface area contributed by atoms with Crippen molar-refractivity contribution >= 4 is 15.9 Å². The lowest BCUT2D eigenvalue weighted by molar-refractivity contribution is -0.132. The predicted molar refractivity (Wildman–Crippen MR) is 97.0 cm³/mol. The summed E-state index contributed by atoms with van der Waals surface area (Å²) in [5.41, 5.74) is 0. The van der Waals surface area contributed by atoms with Gasteiger partial charge >= 0.3 is 0 Å². The first-order valence-corrected chi connectivity index (χ1v) is 10.4. The van der Waals surface area contributed by atoms with Crippen LogP contribution in [-0.2, 0) is 14.8 Å². The van der Waals surface area contributed by atoms with Crippen LogP contribution in [0.3, 0.4) is 0 Å². The van der Waals surface area contributed by atoms with Crippen molar-refractivity contribution in [1.29, 1.82) is 0 Å². The van der Waals surface area contributed by atoms with Crippen LogP contribution in [0.5, 0.6) is 5.75 Å². The highest BCUT2D eigenvalue weighted by Gasteiger charge is 2.31. The van der Waals surface area contributed by atoms with Gasteiger partial charge in [-0.05, 0) is 56.4 Å². The van der Waals surface area contributed by atoms with Crippen molar-refractivity contribution in [3.63, 3.8) is 0 Å². The lowest BCUT2D eigenvalue weighted by atomic mass is 10.0. The Labute approximate surface area is 150 Å². The van der Waals surface area contributed by atoms with E-state index in [1.54, 1.807) is 17.0 Å². The number of carbonyl (C=O) groups is 1. The van der Waals surface area contributed by atoms with Crippen LogP contribution in [0, 0.1) is 5.92 Å². The van der Waals surface area contributed by atoms with Gasteiger partial charge in [-0.1, -0.05) is 13.8 Å². The maximum atomic E-state index is 12.7. The van der Waals surface area contributed by atoms with E-state index < -0.39 is 16.1 Å². The molecule has 25 heavy (non-hydrogen) atoms. The van der Waals surface area contributed by atoms with E-state index in [-0.39, 0.29) is 16.7 Å². The van der Waals surface area contributed by atoms with Gasteiger partial charge in [-0.25, -0.2) is 8.42 Å². The molecule has 1 atom stereocenters. The van der Waals surface area contributed by atoms with Crippen molar-refractivity contribution in [2.24, 2.45) is 5.92 Å². The number of nitrogens with one attached hydrogen (secondary N) is 1. The number of nitrogens with zero attached hydrogens (tertiary/aromatic N) is 1. The molecule has 140 valence electrons. The summed E-state index contributed by atoms with van der Waals surface area (Å²) in [7, 11) is -3.76. The summed E-state index contributed by atoms with van der Waals surface area (Å²) in [5, 5.41) is 0. The topological polar surface area (TPSA) is 75.7 Å². The highest BCUT2D eigenvalue weighted by Crippen LogP contribution is 2.19. The fourth-order valence-electron chi connectivity index (χ4n) is 2.97. The molecule has 0 unspecified atom stereocenters. The Morgan fingerprint density at radius 2 is 1.80 bits per heavy atom. The monoisotopic (exact) mass is 368 g/mol. The normalized spacial score (nSPS) is 16.2. The molecular formula is C18H28N2O4S. The van der Waals surface area contributed by atoms with Crippen molar-refractivity contribution < 1.29 is 17.9 Å². The third-order valence-corrected chi connectivity index (χ3v) is 5.65. The molecule has 0 aliphatic carbocycles. The van der Waals surface area contributed by atoms with Gasteiger partial charge in [-0.2, -0.15) is 4.72 Å². The second-order valence-corrected chi connectivity index (χ2v) is 8.45. The second-order valence-electron chi connectivity index (χ2n) is 6.74. The van der Waals surface area contributed by atoms with Crippen molar-refractivity contribution in [3.05, 3.63) is 24.3 Å². The summed E-state index contributed by atoms with van der Waals surface area (Å²) in [6.07, 6.45) is 2.43. The van der Waals surface area contributed by atoms with Crippen LogP contribution in [-0.4, -0.2) is 45.0 Å². The van der Waals surface area contributed by atoms with E-state index in [2.05, 4.69) is 4.72 Å². The van der Waals surface area contributed by atoms with Gasteiger partial charge in [-0.15, -0.1) is 0 Å². The molecule has 7 heteroatoms. The summed E-state index contributed by atoms with van der Waals surface area (Å²) >= 11 is 0. The average Bonchev–Trinajstić information content (AvgIpc) is 3.08. The molecule has 0 radical (unpaired) electrons. The van der Waals surface area contributed by atoms with Crippen LogP contribution in [0.15, 0.2) is 29.2 Å². The fourth-order valence-corrected chi connectivity index (χ4v) is 4.17. The number of sulfonamides is 1. The van der Waals surface area contributed by atoms with Crippen molar-refractivity contribution in [2.75, 3.05) is 19.7 Å². The first kappa shape index (κ1) is 19.7. The first-order valence-electron chi connectivity index (χ1n) is 8.87. The van der Waals surface area contributed by atoms with E-state index in [9.17, 15) is 13.2 Å². The first-order chi connectivity index (χ1) is 11.8. The maximum absolute atomic E-state index is 12.7. The van der Waals surface area contributed by atoms with E-state index >= 15 is 0 Å². The standard InChI is InChI=1S/C18H28N2O4S/c1-4-24-15-7-9-16(10-8-15)25(22,23)19-17(13-14(2)3)18(21)20-11-5-6-12-20/h7-10,14,17,19H,4-6,11-13H2,1-3H3/t17-/m0/s1. The SMILES string of the molecule is CCOc1ccc(S(=O)(=O)N[C@@H](CC(C)C)C(=O)N2CCCC2)cc1. The van der Waals surface area contributed by atoms with Gasteiger partial charge in [0.05, 0.1) is 11.5 Å². The van der Waals surface area contributed by atoms with Gasteiger partial charge in [0, 0.05) is 13.1 Å². The van der Waals surface area contributed by atoms with Gasteiger partial charge in [-0.3, -0.25) is 4.79 Å².